The minimum atomic E-state index is 0.169. The van der Waals surface area contributed by atoms with E-state index >= 15 is 0 Å². The molecule has 1 fully saturated rings. The fourth-order valence-electron chi connectivity index (χ4n) is 2.93. The third kappa shape index (κ3) is 3.09. The Kier molecular flexibility index (Phi) is 4.06. The number of ether oxygens (including phenoxy) is 1. The second-order valence-corrected chi connectivity index (χ2v) is 5.37. The fourth-order valence-corrected chi connectivity index (χ4v) is 2.93. The Hall–Kier alpha value is -2.41. The van der Waals surface area contributed by atoms with Gasteiger partial charge in [0, 0.05) is 6.04 Å². The second-order valence-electron chi connectivity index (χ2n) is 5.37. The largest absolute Gasteiger partial charge is 0.497 e. The molecule has 0 radical (unpaired) electrons. The van der Waals surface area contributed by atoms with E-state index in [2.05, 4.69) is 32.0 Å². The molecule has 1 atom stereocenters. The molecule has 7 nitrogen and oxygen atoms in total. The lowest BCUT2D eigenvalue weighted by atomic mass is 10.0. The van der Waals surface area contributed by atoms with E-state index in [1.807, 2.05) is 12.1 Å². The Morgan fingerprint density at radius 3 is 2.45 bits per heavy atom. The molecule has 0 bridgehead atoms. The maximum atomic E-state index is 5.64. The Bertz CT molecular complexity index is 625. The molecular formula is C15H20N6O. The first kappa shape index (κ1) is 14.5. The van der Waals surface area contributed by atoms with Crippen LogP contribution in [0.1, 0.15) is 30.3 Å². The number of aromatic nitrogens is 3. The van der Waals surface area contributed by atoms with Gasteiger partial charge < -0.3 is 16.2 Å². The summed E-state index contributed by atoms with van der Waals surface area (Å²) in [4.78, 5) is 14.5. The molecule has 1 aromatic heterocycles. The smallest absolute Gasteiger partial charge is 0.225 e. The number of hydrogen-bond donors (Lipinski definition) is 2. The number of methoxy groups -OCH3 is 1. The topological polar surface area (TPSA) is 103 Å². The summed E-state index contributed by atoms with van der Waals surface area (Å²) in [6.45, 7) is 1.62. The predicted octanol–water partition coefficient (Wildman–Crippen LogP) is 1.38. The molecular weight excluding hydrogens is 280 g/mol. The molecule has 7 heteroatoms. The molecule has 22 heavy (non-hydrogen) atoms. The molecule has 3 rings (SSSR count). The summed E-state index contributed by atoms with van der Waals surface area (Å²) in [6, 6.07) is 8.55. The molecule has 0 amide bonds. The van der Waals surface area contributed by atoms with E-state index in [9.17, 15) is 0 Å². The van der Waals surface area contributed by atoms with Gasteiger partial charge in [-0.05, 0) is 37.1 Å². The average molecular weight is 300 g/mol. The summed E-state index contributed by atoms with van der Waals surface area (Å²) >= 11 is 0. The van der Waals surface area contributed by atoms with E-state index in [4.69, 9.17) is 16.2 Å². The van der Waals surface area contributed by atoms with Gasteiger partial charge in [0.15, 0.2) is 0 Å². The van der Waals surface area contributed by atoms with Crippen LogP contribution in [0.5, 0.6) is 5.75 Å². The zero-order valence-electron chi connectivity index (χ0n) is 12.6. The van der Waals surface area contributed by atoms with E-state index in [0.29, 0.717) is 18.4 Å². The molecule has 1 aromatic carbocycles. The summed E-state index contributed by atoms with van der Waals surface area (Å²) in [5.41, 5.74) is 12.5. The van der Waals surface area contributed by atoms with Crippen molar-refractivity contribution >= 4 is 11.9 Å². The number of rotatable bonds is 4. The molecule has 2 aromatic rings. The van der Waals surface area contributed by atoms with Crippen molar-refractivity contribution in [3.63, 3.8) is 0 Å². The van der Waals surface area contributed by atoms with Crippen LogP contribution in [-0.4, -0.2) is 33.5 Å². The molecule has 1 aliphatic heterocycles. The first-order valence-electron chi connectivity index (χ1n) is 7.29. The zero-order chi connectivity index (χ0) is 15.5. The van der Waals surface area contributed by atoms with E-state index in [-0.39, 0.29) is 11.9 Å². The minimum absolute atomic E-state index is 0.169. The van der Waals surface area contributed by atoms with Crippen LogP contribution in [0.25, 0.3) is 0 Å². The number of hydrogen-bond acceptors (Lipinski definition) is 7. The van der Waals surface area contributed by atoms with E-state index in [1.54, 1.807) is 7.11 Å². The van der Waals surface area contributed by atoms with Crippen molar-refractivity contribution in [2.75, 3.05) is 25.1 Å². The van der Waals surface area contributed by atoms with Crippen LogP contribution in [0.3, 0.4) is 0 Å². The Labute approximate surface area is 129 Å². The highest BCUT2D eigenvalue weighted by Gasteiger charge is 2.26. The van der Waals surface area contributed by atoms with Gasteiger partial charge in [0.2, 0.25) is 11.9 Å². The SMILES string of the molecule is COc1ccc([C@H]2CCCN2Cc2nc(N)nc(N)n2)cc1. The maximum absolute atomic E-state index is 5.64. The average Bonchev–Trinajstić information content (AvgIpc) is 2.94. The third-order valence-electron chi connectivity index (χ3n) is 3.93. The monoisotopic (exact) mass is 300 g/mol. The quantitative estimate of drug-likeness (QED) is 0.879. The van der Waals surface area contributed by atoms with Crippen LogP contribution in [0.15, 0.2) is 24.3 Å². The third-order valence-corrected chi connectivity index (χ3v) is 3.93. The molecule has 2 heterocycles. The summed E-state index contributed by atoms with van der Waals surface area (Å²) < 4.78 is 5.21. The van der Waals surface area contributed by atoms with Gasteiger partial charge in [0.1, 0.15) is 11.6 Å². The molecule has 0 saturated carbocycles. The predicted molar refractivity (Wildman–Crippen MR) is 84.0 cm³/mol. The highest BCUT2D eigenvalue weighted by atomic mass is 16.5. The molecule has 4 N–H and O–H groups in total. The van der Waals surface area contributed by atoms with Crippen LogP contribution in [0.4, 0.5) is 11.9 Å². The van der Waals surface area contributed by atoms with Crippen molar-refractivity contribution in [3.8, 4) is 5.75 Å². The highest BCUT2D eigenvalue weighted by Crippen LogP contribution is 2.33. The molecule has 1 aliphatic rings. The number of nitrogens with two attached hydrogens (primary N) is 2. The van der Waals surface area contributed by atoms with E-state index in [1.165, 1.54) is 5.56 Å². The minimum Gasteiger partial charge on any atom is -0.497 e. The van der Waals surface area contributed by atoms with Gasteiger partial charge >= 0.3 is 0 Å². The van der Waals surface area contributed by atoms with Crippen molar-refractivity contribution < 1.29 is 4.74 Å². The van der Waals surface area contributed by atoms with Gasteiger partial charge in [-0.1, -0.05) is 12.1 Å². The lowest BCUT2D eigenvalue weighted by molar-refractivity contribution is 0.242. The normalized spacial score (nSPS) is 18.5. The van der Waals surface area contributed by atoms with Gasteiger partial charge in [0.25, 0.3) is 0 Å². The van der Waals surface area contributed by atoms with Crippen molar-refractivity contribution in [2.45, 2.75) is 25.4 Å². The van der Waals surface area contributed by atoms with Crippen LogP contribution in [-0.2, 0) is 6.54 Å². The standard InChI is InChI=1S/C15H20N6O/c1-22-11-6-4-10(5-7-11)12-3-2-8-21(12)9-13-18-14(16)20-15(17)19-13/h4-7,12H,2-3,8-9H2,1H3,(H4,16,17,18,19,20)/t12-/m1/s1. The number of likely N-dealkylation sites (tertiary alicyclic amines) is 1. The van der Waals surface area contributed by atoms with Crippen LogP contribution >= 0.6 is 0 Å². The van der Waals surface area contributed by atoms with Crippen LogP contribution in [0, 0.1) is 0 Å². The number of anilines is 2. The Balaban J connectivity index is 1.77. The summed E-state index contributed by atoms with van der Waals surface area (Å²) in [5, 5.41) is 0. The van der Waals surface area contributed by atoms with Crippen LogP contribution < -0.4 is 16.2 Å². The second kappa shape index (κ2) is 6.15. The van der Waals surface area contributed by atoms with E-state index < -0.39 is 0 Å². The van der Waals surface area contributed by atoms with Gasteiger partial charge in [-0.3, -0.25) is 4.90 Å². The van der Waals surface area contributed by atoms with Crippen molar-refractivity contribution in [3.05, 3.63) is 35.7 Å². The van der Waals surface area contributed by atoms with Gasteiger partial charge in [-0.25, -0.2) is 0 Å². The summed E-state index contributed by atoms with van der Waals surface area (Å²) in [6.07, 6.45) is 2.26. The summed E-state index contributed by atoms with van der Waals surface area (Å²) in [5.74, 6) is 1.82. The lowest BCUT2D eigenvalue weighted by Gasteiger charge is -2.24. The highest BCUT2D eigenvalue weighted by molar-refractivity contribution is 5.30. The maximum Gasteiger partial charge on any atom is 0.225 e. The molecule has 1 saturated heterocycles. The summed E-state index contributed by atoms with van der Waals surface area (Å²) in [7, 11) is 1.67. The van der Waals surface area contributed by atoms with E-state index in [0.717, 1.165) is 25.1 Å². The fraction of sp³-hybridized carbons (Fsp3) is 0.400. The van der Waals surface area contributed by atoms with Crippen molar-refractivity contribution in [1.82, 2.24) is 19.9 Å². The van der Waals surface area contributed by atoms with Gasteiger partial charge in [0.05, 0.1) is 13.7 Å². The molecule has 0 aliphatic carbocycles. The molecule has 0 unspecified atom stereocenters. The Morgan fingerprint density at radius 1 is 1.14 bits per heavy atom. The Morgan fingerprint density at radius 2 is 1.82 bits per heavy atom. The first-order chi connectivity index (χ1) is 10.7. The first-order valence-corrected chi connectivity index (χ1v) is 7.29. The molecule has 116 valence electrons. The zero-order valence-corrected chi connectivity index (χ0v) is 12.6. The van der Waals surface area contributed by atoms with Crippen LogP contribution in [0.2, 0.25) is 0 Å². The molecule has 0 spiro atoms. The number of benzene rings is 1. The lowest BCUT2D eigenvalue weighted by Crippen LogP contribution is -2.24. The van der Waals surface area contributed by atoms with Crippen molar-refractivity contribution in [2.24, 2.45) is 0 Å². The van der Waals surface area contributed by atoms with Gasteiger partial charge in [-0.2, -0.15) is 15.0 Å². The van der Waals surface area contributed by atoms with Crippen molar-refractivity contribution in [1.29, 1.82) is 0 Å². The number of nitrogen functional groups attached to an aromatic ring is 2. The number of nitrogens with zero attached hydrogens (tertiary/aromatic N) is 4. The van der Waals surface area contributed by atoms with Gasteiger partial charge in [-0.15, -0.1) is 0 Å².